The minimum Gasteiger partial charge on any atom is -0.395 e. The van der Waals surface area contributed by atoms with E-state index in [9.17, 15) is 4.79 Å². The fraction of sp³-hybridized carbons (Fsp3) is 0.562. The van der Waals surface area contributed by atoms with Crippen LogP contribution < -0.4 is 5.32 Å². The first-order chi connectivity index (χ1) is 10.1. The van der Waals surface area contributed by atoms with Crippen LogP contribution in [-0.4, -0.2) is 42.7 Å². The third-order valence-electron chi connectivity index (χ3n) is 3.90. The Balaban J connectivity index is 2.00. The normalized spacial score (nSPS) is 21.9. The molecule has 1 aliphatic heterocycles. The second-order valence-electron chi connectivity index (χ2n) is 5.63. The van der Waals surface area contributed by atoms with Crippen molar-refractivity contribution in [3.05, 3.63) is 21.9 Å². The Bertz CT molecular complexity index is 558. The molecule has 4 nitrogen and oxygen atoms in total. The maximum Gasteiger partial charge on any atom is 0.227 e. The van der Waals surface area contributed by atoms with Gasteiger partial charge in [-0.05, 0) is 31.3 Å². The van der Waals surface area contributed by atoms with Gasteiger partial charge in [0.1, 0.15) is 0 Å². The van der Waals surface area contributed by atoms with Crippen LogP contribution in [0.1, 0.15) is 30.2 Å². The largest absolute Gasteiger partial charge is 0.395 e. The molecule has 0 aromatic carbocycles. The number of rotatable bonds is 4. The van der Waals surface area contributed by atoms with Crippen LogP contribution in [0.4, 0.5) is 0 Å². The van der Waals surface area contributed by atoms with Gasteiger partial charge in [-0.15, -0.1) is 11.3 Å². The number of carbonyl (C=O) groups excluding carboxylic acids is 1. The molecule has 0 bridgehead atoms. The standard InChI is InChI=1S/C16H22N2O2S/c1-16(15(20)17-2)7-8-18(12-16)11-14-13(6-10-21-14)5-3-4-9-19/h6,10,19H,4,7-9,11-12H2,1-2H3,(H,17,20). The summed E-state index contributed by atoms with van der Waals surface area (Å²) in [5, 5.41) is 13.6. The van der Waals surface area contributed by atoms with Crippen molar-refractivity contribution >= 4 is 17.2 Å². The van der Waals surface area contributed by atoms with Gasteiger partial charge in [0, 0.05) is 37.0 Å². The highest BCUT2D eigenvalue weighted by molar-refractivity contribution is 7.10. The molecular formula is C16H22N2O2S. The molecule has 114 valence electrons. The predicted molar refractivity (Wildman–Crippen MR) is 85.0 cm³/mol. The first-order valence-electron chi connectivity index (χ1n) is 7.20. The van der Waals surface area contributed by atoms with Gasteiger partial charge in [-0.25, -0.2) is 0 Å². The van der Waals surface area contributed by atoms with Crippen molar-refractivity contribution < 1.29 is 9.90 Å². The van der Waals surface area contributed by atoms with E-state index in [1.807, 2.05) is 18.4 Å². The molecule has 1 fully saturated rings. The summed E-state index contributed by atoms with van der Waals surface area (Å²) in [5.74, 6) is 6.21. The quantitative estimate of drug-likeness (QED) is 0.828. The lowest BCUT2D eigenvalue weighted by Gasteiger charge is -2.22. The van der Waals surface area contributed by atoms with E-state index < -0.39 is 0 Å². The molecule has 1 saturated heterocycles. The summed E-state index contributed by atoms with van der Waals surface area (Å²) >= 11 is 1.70. The zero-order chi connectivity index (χ0) is 15.3. The van der Waals surface area contributed by atoms with Crippen molar-refractivity contribution in [2.45, 2.75) is 26.3 Å². The lowest BCUT2D eigenvalue weighted by Crippen LogP contribution is -2.39. The molecule has 0 aliphatic carbocycles. The maximum atomic E-state index is 11.9. The topological polar surface area (TPSA) is 52.6 Å². The average molecular weight is 306 g/mol. The first-order valence-corrected chi connectivity index (χ1v) is 8.07. The van der Waals surface area contributed by atoms with Crippen LogP contribution in [0.15, 0.2) is 11.4 Å². The van der Waals surface area contributed by atoms with Crippen molar-refractivity contribution in [2.75, 3.05) is 26.7 Å². The summed E-state index contributed by atoms with van der Waals surface area (Å²) in [6.07, 6.45) is 1.40. The minimum atomic E-state index is -0.283. The molecule has 1 amide bonds. The number of amides is 1. The lowest BCUT2D eigenvalue weighted by molar-refractivity contribution is -0.129. The Morgan fingerprint density at radius 1 is 1.62 bits per heavy atom. The number of hydrogen-bond donors (Lipinski definition) is 2. The molecule has 1 aliphatic rings. The van der Waals surface area contributed by atoms with E-state index in [-0.39, 0.29) is 17.9 Å². The van der Waals surface area contributed by atoms with E-state index in [0.29, 0.717) is 6.42 Å². The van der Waals surface area contributed by atoms with Gasteiger partial charge >= 0.3 is 0 Å². The van der Waals surface area contributed by atoms with Crippen LogP contribution in [0.2, 0.25) is 0 Å². The second kappa shape index (κ2) is 7.08. The number of hydrogen-bond acceptors (Lipinski definition) is 4. The zero-order valence-corrected chi connectivity index (χ0v) is 13.4. The van der Waals surface area contributed by atoms with E-state index in [2.05, 4.69) is 22.1 Å². The minimum absolute atomic E-state index is 0.100. The SMILES string of the molecule is CNC(=O)C1(C)CCN(Cc2sccc2C#CCCO)C1. The Kier molecular flexibility index (Phi) is 5.40. The van der Waals surface area contributed by atoms with Gasteiger partial charge in [0.15, 0.2) is 0 Å². The summed E-state index contributed by atoms with van der Waals surface area (Å²) in [6, 6.07) is 2.03. The van der Waals surface area contributed by atoms with Crippen LogP contribution in [0.25, 0.3) is 0 Å². The number of likely N-dealkylation sites (tertiary alicyclic amines) is 1. The van der Waals surface area contributed by atoms with Gasteiger partial charge in [0.05, 0.1) is 12.0 Å². The fourth-order valence-electron chi connectivity index (χ4n) is 2.67. The van der Waals surface area contributed by atoms with Gasteiger partial charge in [-0.3, -0.25) is 9.69 Å². The summed E-state index contributed by atoms with van der Waals surface area (Å²) in [7, 11) is 1.70. The highest BCUT2D eigenvalue weighted by Crippen LogP contribution is 2.32. The van der Waals surface area contributed by atoms with Crippen molar-refractivity contribution in [2.24, 2.45) is 5.41 Å². The Morgan fingerprint density at radius 2 is 2.43 bits per heavy atom. The van der Waals surface area contributed by atoms with Gasteiger partial charge in [-0.2, -0.15) is 0 Å². The molecule has 2 heterocycles. The first kappa shape index (κ1) is 16.0. The third kappa shape index (κ3) is 3.85. The van der Waals surface area contributed by atoms with Crippen LogP contribution in [0, 0.1) is 17.3 Å². The summed E-state index contributed by atoms with van der Waals surface area (Å²) in [4.78, 5) is 15.5. The van der Waals surface area contributed by atoms with Gasteiger partial charge in [0.2, 0.25) is 5.91 Å². The number of thiophene rings is 1. The molecule has 1 aromatic rings. The van der Waals surface area contributed by atoms with Crippen LogP contribution in [-0.2, 0) is 11.3 Å². The Labute approximate surface area is 130 Å². The van der Waals surface area contributed by atoms with E-state index >= 15 is 0 Å². The number of carbonyl (C=O) groups is 1. The van der Waals surface area contributed by atoms with Gasteiger partial charge in [-0.1, -0.05) is 11.8 Å². The average Bonchev–Trinajstić information content (AvgIpc) is 3.07. The van der Waals surface area contributed by atoms with E-state index in [0.717, 1.165) is 31.6 Å². The predicted octanol–water partition coefficient (Wildman–Crippen LogP) is 1.44. The van der Waals surface area contributed by atoms with Crippen molar-refractivity contribution in [3.63, 3.8) is 0 Å². The number of nitrogens with one attached hydrogen (secondary N) is 1. The molecule has 1 unspecified atom stereocenters. The molecule has 0 saturated carbocycles. The van der Waals surface area contributed by atoms with Crippen molar-refractivity contribution in [3.8, 4) is 11.8 Å². The van der Waals surface area contributed by atoms with Crippen LogP contribution in [0.5, 0.6) is 0 Å². The molecule has 2 rings (SSSR count). The van der Waals surface area contributed by atoms with Crippen molar-refractivity contribution in [1.29, 1.82) is 0 Å². The summed E-state index contributed by atoms with van der Waals surface area (Å²) in [6.45, 7) is 4.69. The zero-order valence-electron chi connectivity index (χ0n) is 12.6. The third-order valence-corrected chi connectivity index (χ3v) is 4.81. The van der Waals surface area contributed by atoms with Gasteiger partial charge < -0.3 is 10.4 Å². The van der Waals surface area contributed by atoms with Gasteiger partial charge in [0.25, 0.3) is 0 Å². The molecule has 1 atom stereocenters. The highest BCUT2D eigenvalue weighted by atomic mass is 32.1. The smallest absolute Gasteiger partial charge is 0.227 e. The molecule has 0 radical (unpaired) electrons. The Hall–Kier alpha value is -1.35. The summed E-state index contributed by atoms with van der Waals surface area (Å²) in [5.41, 5.74) is 0.761. The highest BCUT2D eigenvalue weighted by Gasteiger charge is 2.39. The van der Waals surface area contributed by atoms with Crippen LogP contribution >= 0.6 is 11.3 Å². The van der Waals surface area contributed by atoms with E-state index in [1.54, 1.807) is 18.4 Å². The number of nitrogens with zero attached hydrogens (tertiary/aromatic N) is 1. The molecule has 21 heavy (non-hydrogen) atoms. The molecule has 1 aromatic heterocycles. The number of aliphatic hydroxyl groups excluding tert-OH is 1. The van der Waals surface area contributed by atoms with Crippen molar-refractivity contribution in [1.82, 2.24) is 10.2 Å². The molecule has 0 spiro atoms. The lowest BCUT2D eigenvalue weighted by atomic mass is 9.89. The second-order valence-corrected chi connectivity index (χ2v) is 6.63. The monoisotopic (exact) mass is 306 g/mol. The van der Waals surface area contributed by atoms with Crippen LogP contribution in [0.3, 0.4) is 0 Å². The molecule has 5 heteroatoms. The van der Waals surface area contributed by atoms with E-state index in [4.69, 9.17) is 5.11 Å². The Morgan fingerprint density at radius 3 is 3.14 bits per heavy atom. The van der Waals surface area contributed by atoms with E-state index in [1.165, 1.54) is 4.88 Å². The fourth-order valence-corrected chi connectivity index (χ4v) is 3.54. The molecule has 2 N–H and O–H groups in total. The summed E-state index contributed by atoms with van der Waals surface area (Å²) < 4.78 is 0. The number of aliphatic hydroxyl groups is 1. The molecular weight excluding hydrogens is 284 g/mol. The maximum absolute atomic E-state index is 11.9.